The van der Waals surface area contributed by atoms with Gasteiger partial charge in [0.2, 0.25) is 10.0 Å². The second-order valence-electron chi connectivity index (χ2n) is 4.32. The van der Waals surface area contributed by atoms with Gasteiger partial charge in [0.25, 0.3) is 0 Å². The van der Waals surface area contributed by atoms with Gasteiger partial charge in [-0.05, 0) is 25.9 Å². The lowest BCUT2D eigenvalue weighted by Crippen LogP contribution is -2.45. The Morgan fingerprint density at radius 2 is 2.00 bits per heavy atom. The molecular weight excluding hydrogens is 256 g/mol. The summed E-state index contributed by atoms with van der Waals surface area (Å²) in [5.41, 5.74) is 0. The first kappa shape index (κ1) is 15.8. The normalized spacial score (nSPS) is 18.4. The summed E-state index contributed by atoms with van der Waals surface area (Å²) < 4.78 is 31.4. The van der Waals surface area contributed by atoms with Gasteiger partial charge in [-0.2, -0.15) is 4.31 Å². The molecule has 1 aliphatic rings. The Morgan fingerprint density at radius 1 is 1.33 bits per heavy atom. The highest BCUT2D eigenvalue weighted by Gasteiger charge is 2.31. The minimum atomic E-state index is -3.21. The van der Waals surface area contributed by atoms with E-state index in [2.05, 4.69) is 5.32 Å². The molecule has 1 saturated heterocycles. The molecule has 1 fully saturated rings. The third-order valence-corrected chi connectivity index (χ3v) is 5.62. The van der Waals surface area contributed by atoms with Gasteiger partial charge in [-0.25, -0.2) is 8.42 Å². The molecule has 108 valence electrons. The van der Waals surface area contributed by atoms with E-state index in [0.717, 1.165) is 13.1 Å². The number of nitrogens with one attached hydrogen (secondary N) is 1. The zero-order valence-electron chi connectivity index (χ0n) is 11.0. The minimum absolute atomic E-state index is 0.0346. The Balaban J connectivity index is 2.50. The molecule has 0 aromatic rings. The van der Waals surface area contributed by atoms with E-state index < -0.39 is 10.0 Å². The zero-order chi connectivity index (χ0) is 13.4. The summed E-state index contributed by atoms with van der Waals surface area (Å²) in [6, 6.07) is 0. The fourth-order valence-electron chi connectivity index (χ4n) is 2.10. The molecule has 1 heterocycles. The highest BCUT2D eigenvalue weighted by molar-refractivity contribution is 7.89. The molecule has 2 N–H and O–H groups in total. The van der Waals surface area contributed by atoms with E-state index in [9.17, 15) is 8.42 Å². The number of nitrogens with zero attached hydrogens (tertiary/aromatic N) is 1. The number of aliphatic hydroxyl groups is 1. The lowest BCUT2D eigenvalue weighted by molar-refractivity contribution is 0.0858. The smallest absolute Gasteiger partial charge is 0.217 e. The zero-order valence-corrected chi connectivity index (χ0v) is 11.8. The van der Waals surface area contributed by atoms with Gasteiger partial charge in [0.1, 0.15) is 0 Å². The van der Waals surface area contributed by atoms with Gasteiger partial charge >= 0.3 is 0 Å². The second kappa shape index (κ2) is 8.06. The summed E-state index contributed by atoms with van der Waals surface area (Å²) in [6.45, 7) is 4.75. The Kier molecular flexibility index (Phi) is 7.10. The largest absolute Gasteiger partial charge is 0.394 e. The van der Waals surface area contributed by atoms with Crippen LogP contribution in [0.3, 0.4) is 0 Å². The van der Waals surface area contributed by atoms with E-state index >= 15 is 0 Å². The third-order valence-electron chi connectivity index (χ3n) is 3.14. The van der Waals surface area contributed by atoms with E-state index in [1.165, 1.54) is 4.31 Å². The molecule has 0 spiro atoms. The summed E-state index contributed by atoms with van der Waals surface area (Å²) in [7, 11) is -3.21. The number of aliphatic hydroxyl groups excluding tert-OH is 1. The fourth-order valence-corrected chi connectivity index (χ4v) is 4.04. The molecular formula is C11H24N2O4S. The van der Waals surface area contributed by atoms with E-state index in [-0.39, 0.29) is 18.5 Å². The van der Waals surface area contributed by atoms with Crippen LogP contribution in [-0.2, 0) is 14.8 Å². The van der Waals surface area contributed by atoms with Crippen molar-refractivity contribution in [1.29, 1.82) is 0 Å². The fraction of sp³-hybridized carbons (Fsp3) is 1.00. The summed E-state index contributed by atoms with van der Waals surface area (Å²) in [6.07, 6.45) is 1.35. The van der Waals surface area contributed by atoms with Gasteiger partial charge in [-0.1, -0.05) is 6.92 Å². The summed E-state index contributed by atoms with van der Waals surface area (Å²) in [5.74, 6) is 0. The Bertz CT molecular complexity index is 315. The van der Waals surface area contributed by atoms with Crippen LogP contribution in [0.5, 0.6) is 0 Å². The Labute approximate surface area is 109 Å². The number of sulfonamides is 1. The van der Waals surface area contributed by atoms with E-state index in [1.54, 1.807) is 0 Å². The summed E-state index contributed by atoms with van der Waals surface area (Å²) >= 11 is 0. The molecule has 1 aliphatic heterocycles. The Hall–Kier alpha value is -0.210. The van der Waals surface area contributed by atoms with Crippen molar-refractivity contribution >= 4 is 10.0 Å². The number of likely N-dealkylation sites (N-methyl/N-ethyl adjacent to an activating group) is 1. The lowest BCUT2D eigenvalue weighted by atomic mass is 10.2. The number of hydrogen-bond donors (Lipinski definition) is 2. The van der Waals surface area contributed by atoms with Crippen LogP contribution in [0.15, 0.2) is 0 Å². The van der Waals surface area contributed by atoms with Crippen molar-refractivity contribution in [3.8, 4) is 0 Å². The average molecular weight is 280 g/mol. The second-order valence-corrected chi connectivity index (χ2v) is 6.53. The van der Waals surface area contributed by atoms with Crippen LogP contribution in [0.25, 0.3) is 0 Å². The molecule has 0 atom stereocenters. The van der Waals surface area contributed by atoms with Crippen LogP contribution < -0.4 is 5.32 Å². The van der Waals surface area contributed by atoms with Crippen molar-refractivity contribution in [2.75, 3.05) is 46.0 Å². The third kappa shape index (κ3) is 4.47. The number of ether oxygens (including phenoxy) is 1. The van der Waals surface area contributed by atoms with Crippen molar-refractivity contribution in [3.05, 3.63) is 0 Å². The molecule has 0 radical (unpaired) electrons. The van der Waals surface area contributed by atoms with Gasteiger partial charge in [0.15, 0.2) is 0 Å². The predicted molar refractivity (Wildman–Crippen MR) is 70.0 cm³/mol. The Morgan fingerprint density at radius 3 is 2.56 bits per heavy atom. The van der Waals surface area contributed by atoms with Gasteiger partial charge < -0.3 is 15.2 Å². The predicted octanol–water partition coefficient (Wildman–Crippen LogP) is -0.601. The van der Waals surface area contributed by atoms with Gasteiger partial charge in [-0.3, -0.25) is 0 Å². The first-order valence-electron chi connectivity index (χ1n) is 6.51. The standard InChI is InChI=1S/C11H24N2O4S/c1-2-13(7-9-17-10-8-14)18(15,16)11-3-5-12-6-4-11/h11-12,14H,2-10H2,1H3. The van der Waals surface area contributed by atoms with Gasteiger partial charge in [-0.15, -0.1) is 0 Å². The monoisotopic (exact) mass is 280 g/mol. The van der Waals surface area contributed by atoms with Gasteiger partial charge in [0, 0.05) is 13.1 Å². The topological polar surface area (TPSA) is 78.9 Å². The van der Waals surface area contributed by atoms with Crippen LogP contribution in [0.2, 0.25) is 0 Å². The maximum Gasteiger partial charge on any atom is 0.217 e. The molecule has 0 bridgehead atoms. The first-order valence-corrected chi connectivity index (χ1v) is 8.01. The van der Waals surface area contributed by atoms with E-state index in [1.807, 2.05) is 6.92 Å². The molecule has 0 saturated carbocycles. The number of piperidine rings is 1. The molecule has 0 unspecified atom stereocenters. The molecule has 0 aromatic carbocycles. The highest BCUT2D eigenvalue weighted by atomic mass is 32.2. The average Bonchev–Trinajstić information content (AvgIpc) is 2.39. The van der Waals surface area contributed by atoms with Crippen molar-refractivity contribution in [2.24, 2.45) is 0 Å². The van der Waals surface area contributed by atoms with Crippen molar-refractivity contribution in [2.45, 2.75) is 25.0 Å². The van der Waals surface area contributed by atoms with Gasteiger partial charge in [0.05, 0.1) is 25.1 Å². The van der Waals surface area contributed by atoms with E-state index in [4.69, 9.17) is 9.84 Å². The lowest BCUT2D eigenvalue weighted by Gasteiger charge is -2.29. The van der Waals surface area contributed by atoms with Crippen molar-refractivity contribution < 1.29 is 18.3 Å². The molecule has 6 nitrogen and oxygen atoms in total. The quantitative estimate of drug-likeness (QED) is 0.580. The van der Waals surface area contributed by atoms with Crippen LogP contribution in [0.1, 0.15) is 19.8 Å². The molecule has 1 rings (SSSR count). The van der Waals surface area contributed by atoms with Crippen LogP contribution in [0, 0.1) is 0 Å². The van der Waals surface area contributed by atoms with Crippen LogP contribution in [0.4, 0.5) is 0 Å². The summed E-state index contributed by atoms with van der Waals surface area (Å²) in [5, 5.41) is 11.5. The minimum Gasteiger partial charge on any atom is -0.394 e. The molecule has 18 heavy (non-hydrogen) atoms. The van der Waals surface area contributed by atoms with Crippen molar-refractivity contribution in [3.63, 3.8) is 0 Å². The number of hydrogen-bond acceptors (Lipinski definition) is 5. The molecule has 0 aromatic heterocycles. The summed E-state index contributed by atoms with van der Waals surface area (Å²) in [4.78, 5) is 0. The maximum atomic E-state index is 12.4. The number of rotatable bonds is 8. The van der Waals surface area contributed by atoms with Crippen LogP contribution >= 0.6 is 0 Å². The SMILES string of the molecule is CCN(CCOCCO)S(=O)(=O)C1CCNCC1. The molecule has 7 heteroatoms. The highest BCUT2D eigenvalue weighted by Crippen LogP contribution is 2.17. The van der Waals surface area contributed by atoms with Crippen molar-refractivity contribution in [1.82, 2.24) is 9.62 Å². The molecule has 0 aliphatic carbocycles. The molecule has 0 amide bonds. The maximum absolute atomic E-state index is 12.4. The van der Waals surface area contributed by atoms with E-state index in [0.29, 0.717) is 32.5 Å². The van der Waals surface area contributed by atoms with Crippen LogP contribution in [-0.4, -0.2) is 69.1 Å². The first-order chi connectivity index (χ1) is 8.62.